The lowest BCUT2D eigenvalue weighted by atomic mass is 10.1. The summed E-state index contributed by atoms with van der Waals surface area (Å²) in [6.07, 6.45) is 1.74. The highest BCUT2D eigenvalue weighted by Gasteiger charge is 2.05. The predicted molar refractivity (Wildman–Crippen MR) is 58.7 cm³/mol. The molecule has 80 valence electrons. The molecule has 0 bridgehead atoms. The van der Waals surface area contributed by atoms with Crippen LogP contribution in [0.3, 0.4) is 0 Å². The second kappa shape index (κ2) is 5.20. The van der Waals surface area contributed by atoms with Gasteiger partial charge >= 0.3 is 5.97 Å². The molecule has 0 aliphatic rings. The summed E-state index contributed by atoms with van der Waals surface area (Å²) >= 11 is 0. The Kier molecular flexibility index (Phi) is 3.92. The van der Waals surface area contributed by atoms with Crippen molar-refractivity contribution < 1.29 is 14.3 Å². The van der Waals surface area contributed by atoms with E-state index in [9.17, 15) is 4.79 Å². The Balaban J connectivity index is 3.02. The summed E-state index contributed by atoms with van der Waals surface area (Å²) in [5.41, 5.74) is 1.41. The summed E-state index contributed by atoms with van der Waals surface area (Å²) in [6.45, 7) is 1.71. The van der Waals surface area contributed by atoms with Crippen LogP contribution < -0.4 is 4.74 Å². The highest BCUT2D eigenvalue weighted by atomic mass is 16.5. The zero-order chi connectivity index (χ0) is 11.3. The summed E-state index contributed by atoms with van der Waals surface area (Å²) in [4.78, 5) is 11.2. The highest BCUT2D eigenvalue weighted by Crippen LogP contribution is 2.20. The fourth-order valence-electron chi connectivity index (χ4n) is 1.24. The fraction of sp³-hybridized carbons (Fsp3) is 0.250. The minimum atomic E-state index is -0.332. The SMILES string of the molecule is COC(=O)C(C)=Cc1ccccc1OC. The summed E-state index contributed by atoms with van der Waals surface area (Å²) < 4.78 is 9.77. The molecule has 3 nitrogen and oxygen atoms in total. The van der Waals surface area contributed by atoms with Crippen molar-refractivity contribution in [1.82, 2.24) is 0 Å². The number of para-hydroxylation sites is 1. The van der Waals surface area contributed by atoms with Crippen molar-refractivity contribution in [3.05, 3.63) is 35.4 Å². The average molecular weight is 206 g/mol. The lowest BCUT2D eigenvalue weighted by molar-refractivity contribution is -0.135. The Labute approximate surface area is 89.3 Å². The quantitative estimate of drug-likeness (QED) is 0.562. The number of carbonyl (C=O) groups excluding carboxylic acids is 1. The van der Waals surface area contributed by atoms with E-state index in [4.69, 9.17) is 4.74 Å². The van der Waals surface area contributed by atoms with Gasteiger partial charge in [-0.15, -0.1) is 0 Å². The van der Waals surface area contributed by atoms with E-state index in [0.29, 0.717) is 5.57 Å². The normalized spacial score (nSPS) is 11.0. The van der Waals surface area contributed by atoms with Crippen LogP contribution in [-0.2, 0) is 9.53 Å². The van der Waals surface area contributed by atoms with Gasteiger partial charge in [0.05, 0.1) is 14.2 Å². The smallest absolute Gasteiger partial charge is 0.333 e. The largest absolute Gasteiger partial charge is 0.496 e. The number of benzene rings is 1. The van der Waals surface area contributed by atoms with Crippen LogP contribution in [0.4, 0.5) is 0 Å². The minimum absolute atomic E-state index is 0.332. The molecular formula is C12H14O3. The third kappa shape index (κ3) is 2.84. The number of carbonyl (C=O) groups is 1. The number of hydrogen-bond donors (Lipinski definition) is 0. The van der Waals surface area contributed by atoms with Crippen LogP contribution in [-0.4, -0.2) is 20.2 Å². The Bertz CT molecular complexity index is 380. The Morgan fingerprint density at radius 2 is 1.93 bits per heavy atom. The number of esters is 1. The molecule has 0 aromatic heterocycles. The number of methoxy groups -OCH3 is 2. The van der Waals surface area contributed by atoms with Crippen molar-refractivity contribution in [3.63, 3.8) is 0 Å². The molecule has 0 fully saturated rings. The van der Waals surface area contributed by atoms with Crippen molar-refractivity contribution in [2.24, 2.45) is 0 Å². The first kappa shape index (κ1) is 11.3. The standard InChI is InChI=1S/C12H14O3/c1-9(12(13)15-3)8-10-6-4-5-7-11(10)14-2/h4-8H,1-3H3. The highest BCUT2D eigenvalue weighted by molar-refractivity contribution is 5.93. The van der Waals surface area contributed by atoms with E-state index in [-0.39, 0.29) is 5.97 Å². The molecule has 0 amide bonds. The van der Waals surface area contributed by atoms with Gasteiger partial charge in [0.25, 0.3) is 0 Å². The molecular weight excluding hydrogens is 192 g/mol. The Morgan fingerprint density at radius 3 is 2.53 bits per heavy atom. The third-order valence-electron chi connectivity index (χ3n) is 2.02. The monoisotopic (exact) mass is 206 g/mol. The molecule has 1 rings (SSSR count). The van der Waals surface area contributed by atoms with E-state index in [1.54, 1.807) is 20.1 Å². The molecule has 3 heteroatoms. The van der Waals surface area contributed by atoms with Gasteiger partial charge in [0, 0.05) is 11.1 Å². The molecule has 0 atom stereocenters. The van der Waals surface area contributed by atoms with Crippen LogP contribution in [0.5, 0.6) is 5.75 Å². The molecule has 0 radical (unpaired) electrons. The summed E-state index contributed by atoms with van der Waals surface area (Å²) in [6, 6.07) is 7.49. The molecule has 0 heterocycles. The van der Waals surface area contributed by atoms with E-state index in [1.807, 2.05) is 24.3 Å². The second-order valence-electron chi connectivity index (χ2n) is 3.06. The van der Waals surface area contributed by atoms with Gasteiger partial charge in [0.2, 0.25) is 0 Å². The van der Waals surface area contributed by atoms with Crippen molar-refractivity contribution in [2.75, 3.05) is 14.2 Å². The molecule has 0 saturated heterocycles. The van der Waals surface area contributed by atoms with Crippen molar-refractivity contribution in [2.45, 2.75) is 6.92 Å². The van der Waals surface area contributed by atoms with E-state index in [2.05, 4.69) is 4.74 Å². The molecule has 0 unspecified atom stereocenters. The molecule has 0 aliphatic carbocycles. The van der Waals surface area contributed by atoms with Gasteiger partial charge in [-0.1, -0.05) is 18.2 Å². The van der Waals surface area contributed by atoms with Crippen LogP contribution in [0.25, 0.3) is 6.08 Å². The van der Waals surface area contributed by atoms with Crippen molar-refractivity contribution >= 4 is 12.0 Å². The average Bonchev–Trinajstić information content (AvgIpc) is 2.28. The molecule has 0 spiro atoms. The van der Waals surface area contributed by atoms with E-state index in [1.165, 1.54) is 7.11 Å². The molecule has 15 heavy (non-hydrogen) atoms. The Morgan fingerprint density at radius 1 is 1.27 bits per heavy atom. The summed E-state index contributed by atoms with van der Waals surface area (Å²) in [5.74, 6) is 0.404. The first-order valence-electron chi connectivity index (χ1n) is 4.58. The van der Waals surface area contributed by atoms with Gasteiger partial charge < -0.3 is 9.47 Å². The maximum atomic E-state index is 11.2. The van der Waals surface area contributed by atoms with Gasteiger partial charge in [-0.2, -0.15) is 0 Å². The molecule has 0 aliphatic heterocycles. The Hall–Kier alpha value is -1.77. The number of rotatable bonds is 3. The van der Waals surface area contributed by atoms with Crippen LogP contribution in [0.2, 0.25) is 0 Å². The lowest BCUT2D eigenvalue weighted by Crippen LogP contribution is -2.01. The minimum Gasteiger partial charge on any atom is -0.496 e. The van der Waals surface area contributed by atoms with Crippen molar-refractivity contribution in [3.8, 4) is 5.75 Å². The molecule has 0 N–H and O–H groups in total. The van der Waals surface area contributed by atoms with Gasteiger partial charge in [-0.05, 0) is 19.1 Å². The van der Waals surface area contributed by atoms with E-state index < -0.39 is 0 Å². The first-order chi connectivity index (χ1) is 7.19. The molecule has 1 aromatic carbocycles. The van der Waals surface area contributed by atoms with Crippen LogP contribution in [0.1, 0.15) is 12.5 Å². The second-order valence-corrected chi connectivity index (χ2v) is 3.06. The van der Waals surface area contributed by atoms with Crippen LogP contribution in [0, 0.1) is 0 Å². The van der Waals surface area contributed by atoms with Crippen LogP contribution in [0.15, 0.2) is 29.8 Å². The van der Waals surface area contributed by atoms with Gasteiger partial charge in [-0.3, -0.25) is 0 Å². The summed E-state index contributed by atoms with van der Waals surface area (Å²) in [5, 5.41) is 0. The zero-order valence-electron chi connectivity index (χ0n) is 9.11. The maximum Gasteiger partial charge on any atom is 0.333 e. The maximum absolute atomic E-state index is 11.2. The summed E-state index contributed by atoms with van der Waals surface area (Å²) in [7, 11) is 2.96. The van der Waals surface area contributed by atoms with Gasteiger partial charge in [0.15, 0.2) is 0 Å². The van der Waals surface area contributed by atoms with Crippen LogP contribution >= 0.6 is 0 Å². The number of ether oxygens (including phenoxy) is 2. The fourth-order valence-corrected chi connectivity index (χ4v) is 1.24. The van der Waals surface area contributed by atoms with Gasteiger partial charge in [-0.25, -0.2) is 4.79 Å². The van der Waals surface area contributed by atoms with Crippen molar-refractivity contribution in [1.29, 1.82) is 0 Å². The number of hydrogen-bond acceptors (Lipinski definition) is 3. The molecule has 0 saturated carbocycles. The third-order valence-corrected chi connectivity index (χ3v) is 2.02. The lowest BCUT2D eigenvalue weighted by Gasteiger charge is -2.04. The predicted octanol–water partition coefficient (Wildman–Crippen LogP) is 2.27. The topological polar surface area (TPSA) is 35.5 Å². The first-order valence-corrected chi connectivity index (χ1v) is 4.58. The van der Waals surface area contributed by atoms with E-state index >= 15 is 0 Å². The molecule has 1 aromatic rings. The van der Waals surface area contributed by atoms with Gasteiger partial charge in [0.1, 0.15) is 5.75 Å². The zero-order valence-corrected chi connectivity index (χ0v) is 9.11. The van der Waals surface area contributed by atoms with E-state index in [0.717, 1.165) is 11.3 Å².